The second kappa shape index (κ2) is 3.17. The Kier molecular flexibility index (Phi) is 2.43. The molecule has 0 saturated heterocycles. The summed E-state index contributed by atoms with van der Waals surface area (Å²) in [4.78, 5) is 7.32. The molecule has 0 amide bonds. The van der Waals surface area contributed by atoms with Gasteiger partial charge in [-0.2, -0.15) is 0 Å². The summed E-state index contributed by atoms with van der Waals surface area (Å²) < 4.78 is 0. The highest BCUT2D eigenvalue weighted by Crippen LogP contribution is 1.97. The first-order valence-electron chi connectivity index (χ1n) is 2.96. The van der Waals surface area contributed by atoms with Crippen molar-refractivity contribution in [1.82, 2.24) is 9.97 Å². The average molecular weight is 172 g/mol. The summed E-state index contributed by atoms with van der Waals surface area (Å²) >= 11 is 5.44. The van der Waals surface area contributed by atoms with Gasteiger partial charge in [0.2, 0.25) is 5.28 Å². The van der Waals surface area contributed by atoms with E-state index < -0.39 is 7.12 Å². The van der Waals surface area contributed by atoms with Crippen LogP contribution >= 0.6 is 11.6 Å². The lowest BCUT2D eigenvalue weighted by molar-refractivity contribution is 0.425. The highest BCUT2D eigenvalue weighted by molar-refractivity contribution is 6.59. The summed E-state index contributed by atoms with van der Waals surface area (Å²) in [6.07, 6.45) is 1.29. The molecule has 11 heavy (non-hydrogen) atoms. The zero-order valence-corrected chi connectivity index (χ0v) is 6.58. The molecular formula is C5H6BClN2O2. The van der Waals surface area contributed by atoms with E-state index in [1.807, 2.05) is 0 Å². The Morgan fingerprint density at radius 2 is 2.18 bits per heavy atom. The Hall–Kier alpha value is -0.645. The SMILES string of the molecule is Cc1nc(Cl)ncc1B(O)O. The third kappa shape index (κ3) is 1.89. The molecule has 0 atom stereocenters. The molecule has 1 rings (SSSR count). The summed E-state index contributed by atoms with van der Waals surface area (Å²) in [5, 5.41) is 17.6. The number of hydrogen-bond donors (Lipinski definition) is 2. The van der Waals surface area contributed by atoms with Crippen LogP contribution in [0.1, 0.15) is 5.69 Å². The van der Waals surface area contributed by atoms with Crippen LogP contribution < -0.4 is 5.46 Å². The molecule has 0 aromatic carbocycles. The van der Waals surface area contributed by atoms with E-state index in [1.54, 1.807) is 6.92 Å². The first-order chi connectivity index (χ1) is 5.11. The summed E-state index contributed by atoms with van der Waals surface area (Å²) in [5.41, 5.74) is 0.745. The zero-order chi connectivity index (χ0) is 8.43. The van der Waals surface area contributed by atoms with Gasteiger partial charge in [0.05, 0.1) is 0 Å². The molecule has 0 bridgehead atoms. The van der Waals surface area contributed by atoms with Crippen LogP contribution in [0.2, 0.25) is 5.28 Å². The Balaban J connectivity index is 3.09. The van der Waals surface area contributed by atoms with E-state index in [1.165, 1.54) is 6.20 Å². The van der Waals surface area contributed by atoms with E-state index >= 15 is 0 Å². The van der Waals surface area contributed by atoms with Crippen molar-refractivity contribution in [2.24, 2.45) is 0 Å². The van der Waals surface area contributed by atoms with Gasteiger partial charge in [0, 0.05) is 17.4 Å². The third-order valence-electron chi connectivity index (χ3n) is 1.27. The van der Waals surface area contributed by atoms with Crippen molar-refractivity contribution in [2.75, 3.05) is 0 Å². The highest BCUT2D eigenvalue weighted by Gasteiger charge is 2.15. The number of aryl methyl sites for hydroxylation is 1. The number of halogens is 1. The predicted molar refractivity (Wildman–Crippen MR) is 41.6 cm³/mol. The van der Waals surface area contributed by atoms with Crippen LogP contribution in [0.25, 0.3) is 0 Å². The Bertz CT molecular complexity index is 269. The van der Waals surface area contributed by atoms with Crippen molar-refractivity contribution in [3.8, 4) is 0 Å². The second-order valence-corrected chi connectivity index (χ2v) is 2.39. The monoisotopic (exact) mass is 172 g/mol. The third-order valence-corrected chi connectivity index (χ3v) is 1.45. The maximum atomic E-state index is 8.73. The Morgan fingerprint density at radius 1 is 1.55 bits per heavy atom. The molecule has 0 saturated carbocycles. The van der Waals surface area contributed by atoms with Crippen molar-refractivity contribution < 1.29 is 10.0 Å². The van der Waals surface area contributed by atoms with Gasteiger partial charge in [-0.3, -0.25) is 0 Å². The van der Waals surface area contributed by atoms with E-state index in [-0.39, 0.29) is 10.7 Å². The van der Waals surface area contributed by atoms with Crippen molar-refractivity contribution in [3.63, 3.8) is 0 Å². The Labute approximate surface area is 69.0 Å². The van der Waals surface area contributed by atoms with E-state index in [2.05, 4.69) is 9.97 Å². The van der Waals surface area contributed by atoms with Crippen molar-refractivity contribution in [2.45, 2.75) is 6.92 Å². The van der Waals surface area contributed by atoms with Crippen LogP contribution in [0.15, 0.2) is 6.20 Å². The van der Waals surface area contributed by atoms with Crippen molar-refractivity contribution in [1.29, 1.82) is 0 Å². The van der Waals surface area contributed by atoms with Gasteiger partial charge in [-0.15, -0.1) is 0 Å². The summed E-state index contributed by atoms with van der Waals surface area (Å²) in [6, 6.07) is 0. The van der Waals surface area contributed by atoms with E-state index in [4.69, 9.17) is 21.6 Å². The molecule has 0 unspecified atom stereocenters. The van der Waals surface area contributed by atoms with Gasteiger partial charge in [-0.05, 0) is 18.5 Å². The molecule has 1 aromatic heterocycles. The fourth-order valence-electron chi connectivity index (χ4n) is 0.702. The first kappa shape index (κ1) is 8.45. The first-order valence-corrected chi connectivity index (χ1v) is 3.34. The quantitative estimate of drug-likeness (QED) is 0.426. The van der Waals surface area contributed by atoms with Crippen LogP contribution in [-0.4, -0.2) is 27.1 Å². The lowest BCUT2D eigenvalue weighted by Crippen LogP contribution is -2.33. The largest absolute Gasteiger partial charge is 0.491 e. The summed E-state index contributed by atoms with van der Waals surface area (Å²) in [6.45, 7) is 1.63. The lowest BCUT2D eigenvalue weighted by Gasteiger charge is -2.01. The minimum absolute atomic E-state index is 0.104. The smallest absolute Gasteiger partial charge is 0.423 e. The molecule has 0 fully saturated rings. The minimum Gasteiger partial charge on any atom is -0.423 e. The molecule has 2 N–H and O–H groups in total. The van der Waals surface area contributed by atoms with Crippen LogP contribution in [0.5, 0.6) is 0 Å². The molecule has 6 heteroatoms. The van der Waals surface area contributed by atoms with Crippen LogP contribution in [0.4, 0.5) is 0 Å². The van der Waals surface area contributed by atoms with Gasteiger partial charge in [0.15, 0.2) is 0 Å². The zero-order valence-electron chi connectivity index (χ0n) is 5.82. The normalized spacial score (nSPS) is 9.82. The van der Waals surface area contributed by atoms with Crippen molar-refractivity contribution in [3.05, 3.63) is 17.2 Å². The average Bonchev–Trinajstić information content (AvgIpc) is 1.85. The molecule has 0 aliphatic heterocycles. The molecule has 1 aromatic rings. The molecule has 0 spiro atoms. The number of nitrogens with zero attached hydrogens (tertiary/aromatic N) is 2. The maximum Gasteiger partial charge on any atom is 0.491 e. The lowest BCUT2D eigenvalue weighted by atomic mass is 9.80. The van der Waals surface area contributed by atoms with Gasteiger partial charge >= 0.3 is 7.12 Å². The molecule has 4 nitrogen and oxygen atoms in total. The van der Waals surface area contributed by atoms with E-state index in [0.717, 1.165) is 0 Å². The van der Waals surface area contributed by atoms with Crippen molar-refractivity contribution >= 4 is 24.2 Å². The molecular weight excluding hydrogens is 166 g/mol. The van der Waals surface area contributed by atoms with Crippen LogP contribution in [0, 0.1) is 6.92 Å². The predicted octanol–water partition coefficient (Wildman–Crippen LogP) is -0.882. The summed E-state index contributed by atoms with van der Waals surface area (Å²) in [7, 11) is -1.53. The van der Waals surface area contributed by atoms with Gasteiger partial charge in [0.1, 0.15) is 0 Å². The topological polar surface area (TPSA) is 66.2 Å². The second-order valence-electron chi connectivity index (χ2n) is 2.05. The number of rotatable bonds is 1. The van der Waals surface area contributed by atoms with Gasteiger partial charge in [-0.1, -0.05) is 0 Å². The standard InChI is InChI=1S/C5H6BClN2O2/c1-3-4(6(10)11)2-8-5(7)9-3/h2,10-11H,1H3. The number of aromatic nitrogens is 2. The Morgan fingerprint density at radius 3 is 2.64 bits per heavy atom. The molecule has 0 radical (unpaired) electrons. The maximum absolute atomic E-state index is 8.73. The molecule has 58 valence electrons. The summed E-state index contributed by atoms with van der Waals surface area (Å²) in [5.74, 6) is 0. The highest BCUT2D eigenvalue weighted by atomic mass is 35.5. The van der Waals surface area contributed by atoms with Crippen LogP contribution in [-0.2, 0) is 0 Å². The molecule has 0 aliphatic rings. The van der Waals surface area contributed by atoms with Crippen LogP contribution in [0.3, 0.4) is 0 Å². The van der Waals surface area contributed by atoms with E-state index in [9.17, 15) is 0 Å². The minimum atomic E-state index is -1.53. The van der Waals surface area contributed by atoms with E-state index in [0.29, 0.717) is 5.69 Å². The fraction of sp³-hybridized carbons (Fsp3) is 0.200. The number of hydrogen-bond acceptors (Lipinski definition) is 4. The van der Waals surface area contributed by atoms with Gasteiger partial charge < -0.3 is 10.0 Å². The van der Waals surface area contributed by atoms with Gasteiger partial charge in [-0.25, -0.2) is 9.97 Å². The molecule has 1 heterocycles. The van der Waals surface area contributed by atoms with Gasteiger partial charge in [0.25, 0.3) is 0 Å². The fourth-order valence-corrected chi connectivity index (χ4v) is 0.877. The molecule has 0 aliphatic carbocycles.